The fraction of sp³-hybridized carbons (Fsp3) is 0.500. The number of carbonyl (C=O) groups is 1. The molecule has 0 aliphatic carbocycles. The first-order valence-electron chi connectivity index (χ1n) is 9.19. The van der Waals surface area contributed by atoms with E-state index < -0.39 is 0 Å². The molecule has 1 amide bonds. The minimum atomic E-state index is 0.213. The van der Waals surface area contributed by atoms with Gasteiger partial charge in [-0.15, -0.1) is 0 Å². The predicted octanol–water partition coefficient (Wildman–Crippen LogP) is 2.33. The second-order valence-electron chi connectivity index (χ2n) is 7.14. The Morgan fingerprint density at radius 3 is 2.73 bits per heavy atom. The summed E-state index contributed by atoms with van der Waals surface area (Å²) >= 11 is 0. The van der Waals surface area contributed by atoms with Gasteiger partial charge in [0, 0.05) is 56.1 Å². The molecule has 0 unspecified atom stereocenters. The van der Waals surface area contributed by atoms with E-state index in [2.05, 4.69) is 19.9 Å². The summed E-state index contributed by atoms with van der Waals surface area (Å²) in [5, 5.41) is 0. The normalized spacial score (nSPS) is 17.1. The van der Waals surface area contributed by atoms with Crippen molar-refractivity contribution < 1.29 is 4.79 Å². The lowest BCUT2D eigenvalue weighted by molar-refractivity contribution is -0.130. The smallest absolute Gasteiger partial charge is 0.223 e. The Kier molecular flexibility index (Phi) is 5.93. The molecule has 2 aromatic rings. The quantitative estimate of drug-likeness (QED) is 0.798. The van der Waals surface area contributed by atoms with Crippen LogP contribution in [0.2, 0.25) is 0 Å². The monoisotopic (exact) mass is 353 g/mol. The van der Waals surface area contributed by atoms with Gasteiger partial charge in [-0.2, -0.15) is 0 Å². The van der Waals surface area contributed by atoms with E-state index in [0.717, 1.165) is 55.5 Å². The number of aromatic nitrogens is 3. The molecule has 0 spiro atoms. The van der Waals surface area contributed by atoms with Gasteiger partial charge in [-0.1, -0.05) is 6.07 Å². The van der Waals surface area contributed by atoms with Crippen molar-refractivity contribution in [3.05, 3.63) is 53.4 Å². The van der Waals surface area contributed by atoms with Gasteiger partial charge in [-0.05, 0) is 45.5 Å². The largest absolute Gasteiger partial charge is 0.342 e. The minimum Gasteiger partial charge on any atom is -0.342 e. The zero-order valence-electron chi connectivity index (χ0n) is 15.9. The van der Waals surface area contributed by atoms with Crippen LogP contribution in [0.5, 0.6) is 0 Å². The maximum atomic E-state index is 12.6. The summed E-state index contributed by atoms with van der Waals surface area (Å²) in [6, 6.07) is 7.89. The summed E-state index contributed by atoms with van der Waals surface area (Å²) < 4.78 is 0. The molecule has 0 radical (unpaired) electrons. The Balaban J connectivity index is 1.48. The van der Waals surface area contributed by atoms with Crippen LogP contribution in [-0.4, -0.2) is 57.3 Å². The second kappa shape index (κ2) is 8.36. The lowest BCUT2D eigenvalue weighted by Crippen LogP contribution is -2.32. The van der Waals surface area contributed by atoms with Crippen LogP contribution in [0, 0.1) is 13.8 Å². The molecule has 1 saturated heterocycles. The lowest BCUT2D eigenvalue weighted by atomic mass is 10.1. The number of pyridine rings is 1. The molecular weight excluding hydrogens is 326 g/mol. The van der Waals surface area contributed by atoms with Crippen LogP contribution in [-0.2, 0) is 11.3 Å². The highest BCUT2D eigenvalue weighted by molar-refractivity contribution is 5.76. The zero-order chi connectivity index (χ0) is 18.5. The molecule has 0 saturated carbocycles. The minimum absolute atomic E-state index is 0.213. The van der Waals surface area contributed by atoms with Crippen molar-refractivity contribution in [2.24, 2.45) is 0 Å². The van der Waals surface area contributed by atoms with Crippen LogP contribution in [0.1, 0.15) is 41.7 Å². The van der Waals surface area contributed by atoms with Gasteiger partial charge in [0.15, 0.2) is 0 Å². The van der Waals surface area contributed by atoms with Crippen LogP contribution < -0.4 is 0 Å². The molecule has 1 atom stereocenters. The first-order chi connectivity index (χ1) is 12.5. The third-order valence-corrected chi connectivity index (χ3v) is 4.77. The molecule has 6 nitrogen and oxygen atoms in total. The zero-order valence-corrected chi connectivity index (χ0v) is 15.9. The average molecular weight is 353 g/mol. The first kappa shape index (κ1) is 18.5. The fourth-order valence-corrected chi connectivity index (χ4v) is 3.43. The summed E-state index contributed by atoms with van der Waals surface area (Å²) in [6.45, 7) is 7.00. The van der Waals surface area contributed by atoms with Crippen molar-refractivity contribution >= 4 is 5.91 Å². The maximum Gasteiger partial charge on any atom is 0.223 e. The standard InChI is InChI=1S/C20H27N5O/c1-15-12-16(2)23-20(22-15)17-7-11-25(13-17)19(26)8-10-24(3)14-18-6-4-5-9-21-18/h4-6,9,12,17H,7-8,10-11,13-14H2,1-3H3/t17-/m1/s1. The Morgan fingerprint density at radius 1 is 1.27 bits per heavy atom. The van der Waals surface area contributed by atoms with E-state index in [1.807, 2.05) is 50.1 Å². The van der Waals surface area contributed by atoms with Crippen LogP contribution >= 0.6 is 0 Å². The molecule has 6 heteroatoms. The topological polar surface area (TPSA) is 62.2 Å². The number of hydrogen-bond acceptors (Lipinski definition) is 5. The van der Waals surface area contributed by atoms with E-state index in [1.165, 1.54) is 0 Å². The number of hydrogen-bond donors (Lipinski definition) is 0. The lowest BCUT2D eigenvalue weighted by Gasteiger charge is -2.20. The highest BCUT2D eigenvalue weighted by Gasteiger charge is 2.29. The third kappa shape index (κ3) is 4.85. The molecule has 26 heavy (non-hydrogen) atoms. The number of carbonyl (C=O) groups excluding carboxylic acids is 1. The number of rotatable bonds is 6. The average Bonchev–Trinajstić information content (AvgIpc) is 3.10. The molecule has 1 fully saturated rings. The van der Waals surface area contributed by atoms with Crippen LogP contribution in [0.3, 0.4) is 0 Å². The summed E-state index contributed by atoms with van der Waals surface area (Å²) in [6.07, 6.45) is 3.27. The van der Waals surface area contributed by atoms with Gasteiger partial charge >= 0.3 is 0 Å². The SMILES string of the molecule is Cc1cc(C)nc([C@@H]2CCN(C(=O)CCN(C)Cc3ccccn3)C2)n1. The number of amides is 1. The van der Waals surface area contributed by atoms with E-state index in [4.69, 9.17) is 0 Å². The molecule has 2 aromatic heterocycles. The van der Waals surface area contributed by atoms with Gasteiger partial charge in [-0.3, -0.25) is 9.78 Å². The van der Waals surface area contributed by atoms with Gasteiger partial charge < -0.3 is 9.80 Å². The van der Waals surface area contributed by atoms with Crippen molar-refractivity contribution in [3.63, 3.8) is 0 Å². The van der Waals surface area contributed by atoms with Crippen molar-refractivity contribution in [1.82, 2.24) is 24.8 Å². The Bertz CT molecular complexity index is 729. The number of nitrogens with zero attached hydrogens (tertiary/aromatic N) is 5. The van der Waals surface area contributed by atoms with Gasteiger partial charge in [0.05, 0.1) is 5.69 Å². The van der Waals surface area contributed by atoms with Crippen molar-refractivity contribution in [1.29, 1.82) is 0 Å². The van der Waals surface area contributed by atoms with E-state index >= 15 is 0 Å². The molecule has 138 valence electrons. The van der Waals surface area contributed by atoms with Crippen LogP contribution in [0.25, 0.3) is 0 Å². The highest BCUT2D eigenvalue weighted by atomic mass is 16.2. The number of likely N-dealkylation sites (tertiary alicyclic amines) is 1. The molecule has 1 aliphatic heterocycles. The van der Waals surface area contributed by atoms with Crippen molar-refractivity contribution in [2.75, 3.05) is 26.7 Å². The summed E-state index contributed by atoms with van der Waals surface area (Å²) in [4.78, 5) is 30.1. The Morgan fingerprint density at radius 2 is 2.04 bits per heavy atom. The van der Waals surface area contributed by atoms with Gasteiger partial charge in [0.25, 0.3) is 0 Å². The molecule has 0 bridgehead atoms. The van der Waals surface area contributed by atoms with Crippen LogP contribution in [0.4, 0.5) is 0 Å². The summed E-state index contributed by atoms with van der Waals surface area (Å²) in [7, 11) is 2.03. The van der Waals surface area contributed by atoms with E-state index in [0.29, 0.717) is 6.42 Å². The number of aryl methyl sites for hydroxylation is 2. The second-order valence-corrected chi connectivity index (χ2v) is 7.14. The molecule has 0 N–H and O–H groups in total. The van der Waals surface area contributed by atoms with E-state index in [1.54, 1.807) is 6.20 Å². The maximum absolute atomic E-state index is 12.6. The van der Waals surface area contributed by atoms with Gasteiger partial charge in [-0.25, -0.2) is 9.97 Å². The molecular formula is C20H27N5O. The molecule has 1 aliphatic rings. The summed E-state index contributed by atoms with van der Waals surface area (Å²) in [5.41, 5.74) is 3.01. The molecule has 3 rings (SSSR count). The molecule has 0 aromatic carbocycles. The van der Waals surface area contributed by atoms with Gasteiger partial charge in [0.2, 0.25) is 5.91 Å². The van der Waals surface area contributed by atoms with Crippen LogP contribution in [0.15, 0.2) is 30.5 Å². The van der Waals surface area contributed by atoms with Crippen molar-refractivity contribution in [2.45, 2.75) is 39.2 Å². The van der Waals surface area contributed by atoms with E-state index in [-0.39, 0.29) is 11.8 Å². The van der Waals surface area contributed by atoms with Crippen molar-refractivity contribution in [3.8, 4) is 0 Å². The third-order valence-electron chi connectivity index (χ3n) is 4.77. The first-order valence-corrected chi connectivity index (χ1v) is 9.19. The predicted molar refractivity (Wildman–Crippen MR) is 101 cm³/mol. The highest BCUT2D eigenvalue weighted by Crippen LogP contribution is 2.25. The Hall–Kier alpha value is -2.34. The van der Waals surface area contributed by atoms with E-state index in [9.17, 15) is 4.79 Å². The van der Waals surface area contributed by atoms with Gasteiger partial charge in [0.1, 0.15) is 5.82 Å². The fourth-order valence-electron chi connectivity index (χ4n) is 3.43. The summed E-state index contributed by atoms with van der Waals surface area (Å²) in [5.74, 6) is 1.35. The molecule has 3 heterocycles. The Labute approximate surface area is 155 Å².